The number of nitrogens with one attached hydrogen (secondary N) is 1. The molecule has 36 heavy (non-hydrogen) atoms. The van der Waals surface area contributed by atoms with E-state index in [1.165, 1.54) is 5.56 Å². The number of aromatic nitrogens is 1. The largest absolute Gasteiger partial charge is 0.336 e. The lowest BCUT2D eigenvalue weighted by molar-refractivity contribution is 0.0631. The van der Waals surface area contributed by atoms with Crippen LogP contribution in [0.2, 0.25) is 0 Å². The number of nitrogens with zero attached hydrogens (tertiary/aromatic N) is 3. The normalized spacial score (nSPS) is 15.1. The van der Waals surface area contributed by atoms with E-state index in [1.54, 1.807) is 11.9 Å². The Balaban J connectivity index is 1.17. The third kappa shape index (κ3) is 5.55. The fourth-order valence-corrected chi connectivity index (χ4v) is 5.63. The van der Waals surface area contributed by atoms with Crippen LogP contribution in [0, 0.1) is 6.92 Å². The molecular weight excluding hydrogens is 464 g/mol. The Morgan fingerprint density at radius 3 is 2.53 bits per heavy atom. The average molecular weight is 497 g/mol. The first-order valence-corrected chi connectivity index (χ1v) is 13.3. The molecule has 1 aliphatic rings. The van der Waals surface area contributed by atoms with Crippen LogP contribution >= 0.6 is 11.9 Å². The fraction of sp³-hybridized carbons (Fsp3) is 0.267. The SMILES string of the molecule is Cc1cc(C(=O)N2CCN(CC(C)c3ccccc3)CC2)ccc1NSc1cccc2cccnc12. The summed E-state index contributed by atoms with van der Waals surface area (Å²) in [6.07, 6.45) is 1.82. The number of rotatable bonds is 7. The standard InChI is InChI=1S/C30H32N4OS/c1-22-20-26(13-14-27(22)32-36-28-12-6-10-25-11-7-15-31-29(25)28)30(35)34-18-16-33(17-19-34)21-23(2)24-8-4-3-5-9-24/h3-15,20,23,32H,16-19,21H2,1-2H3. The van der Waals surface area contributed by atoms with Crippen LogP contribution in [-0.4, -0.2) is 53.4 Å². The molecule has 1 amide bonds. The molecule has 1 N–H and O–H groups in total. The number of anilines is 1. The zero-order valence-electron chi connectivity index (χ0n) is 20.9. The van der Waals surface area contributed by atoms with Crippen molar-refractivity contribution in [1.82, 2.24) is 14.8 Å². The summed E-state index contributed by atoms with van der Waals surface area (Å²) in [6, 6.07) is 26.8. The fourth-order valence-electron chi connectivity index (χ4n) is 4.77. The maximum Gasteiger partial charge on any atom is 0.253 e. The van der Waals surface area contributed by atoms with Crippen LogP contribution < -0.4 is 4.72 Å². The van der Waals surface area contributed by atoms with Crippen LogP contribution in [0.25, 0.3) is 10.9 Å². The number of amides is 1. The molecule has 1 aliphatic heterocycles. The summed E-state index contributed by atoms with van der Waals surface area (Å²) in [6.45, 7) is 8.71. The second kappa shape index (κ2) is 11.1. The molecule has 6 heteroatoms. The number of piperazine rings is 1. The number of benzene rings is 3. The highest BCUT2D eigenvalue weighted by atomic mass is 32.2. The minimum atomic E-state index is 0.117. The molecule has 184 valence electrons. The van der Waals surface area contributed by atoms with E-state index < -0.39 is 0 Å². The first kappa shape index (κ1) is 24.3. The lowest BCUT2D eigenvalue weighted by Crippen LogP contribution is -2.49. The molecule has 1 unspecified atom stereocenters. The van der Waals surface area contributed by atoms with E-state index in [-0.39, 0.29) is 5.91 Å². The van der Waals surface area contributed by atoms with Crippen molar-refractivity contribution in [2.24, 2.45) is 0 Å². The van der Waals surface area contributed by atoms with Gasteiger partial charge in [0.1, 0.15) is 0 Å². The molecular formula is C30H32N4OS. The van der Waals surface area contributed by atoms with Gasteiger partial charge in [-0.25, -0.2) is 0 Å². The van der Waals surface area contributed by atoms with Crippen LogP contribution in [-0.2, 0) is 0 Å². The van der Waals surface area contributed by atoms with Crippen molar-refractivity contribution in [2.45, 2.75) is 24.7 Å². The van der Waals surface area contributed by atoms with E-state index >= 15 is 0 Å². The Bertz CT molecular complexity index is 1330. The molecule has 0 saturated carbocycles. The van der Waals surface area contributed by atoms with Crippen LogP contribution in [0.1, 0.15) is 34.3 Å². The van der Waals surface area contributed by atoms with E-state index in [1.807, 2.05) is 48.4 Å². The molecule has 1 atom stereocenters. The van der Waals surface area contributed by atoms with Gasteiger partial charge in [-0.15, -0.1) is 0 Å². The van der Waals surface area contributed by atoms with Gasteiger partial charge < -0.3 is 9.62 Å². The smallest absolute Gasteiger partial charge is 0.253 e. The predicted molar refractivity (Wildman–Crippen MR) is 150 cm³/mol. The second-order valence-electron chi connectivity index (χ2n) is 9.47. The van der Waals surface area contributed by atoms with Gasteiger partial charge in [0.2, 0.25) is 0 Å². The first-order valence-electron chi connectivity index (χ1n) is 12.5. The van der Waals surface area contributed by atoms with Crippen LogP contribution in [0.5, 0.6) is 0 Å². The Hall–Kier alpha value is -3.35. The van der Waals surface area contributed by atoms with Gasteiger partial charge in [0, 0.05) is 55.6 Å². The summed E-state index contributed by atoms with van der Waals surface area (Å²) in [5.41, 5.74) is 5.16. The summed E-state index contributed by atoms with van der Waals surface area (Å²) >= 11 is 1.55. The van der Waals surface area contributed by atoms with Gasteiger partial charge in [-0.05, 0) is 66.2 Å². The van der Waals surface area contributed by atoms with Crippen LogP contribution in [0.4, 0.5) is 5.69 Å². The minimum Gasteiger partial charge on any atom is -0.336 e. The summed E-state index contributed by atoms with van der Waals surface area (Å²) in [5.74, 6) is 0.602. The number of fused-ring (bicyclic) bond motifs is 1. The Morgan fingerprint density at radius 2 is 1.75 bits per heavy atom. The molecule has 1 fully saturated rings. The minimum absolute atomic E-state index is 0.117. The molecule has 5 nitrogen and oxygen atoms in total. The van der Waals surface area contributed by atoms with Gasteiger partial charge >= 0.3 is 0 Å². The summed E-state index contributed by atoms with van der Waals surface area (Å²) in [5, 5.41) is 1.12. The van der Waals surface area contributed by atoms with Crippen LogP contribution in [0.3, 0.4) is 0 Å². The van der Waals surface area contributed by atoms with Crippen molar-refractivity contribution in [2.75, 3.05) is 37.4 Å². The highest BCUT2D eigenvalue weighted by Gasteiger charge is 2.23. The molecule has 5 rings (SSSR count). The zero-order chi connectivity index (χ0) is 24.9. The van der Waals surface area contributed by atoms with Crippen molar-refractivity contribution in [3.8, 4) is 0 Å². The van der Waals surface area contributed by atoms with Gasteiger partial charge in [-0.2, -0.15) is 0 Å². The average Bonchev–Trinajstić information content (AvgIpc) is 2.93. The number of aryl methyl sites for hydroxylation is 1. The third-order valence-corrected chi connectivity index (χ3v) is 7.77. The van der Waals surface area contributed by atoms with E-state index in [2.05, 4.69) is 70.1 Å². The Morgan fingerprint density at radius 1 is 0.972 bits per heavy atom. The highest BCUT2D eigenvalue weighted by molar-refractivity contribution is 8.00. The lowest BCUT2D eigenvalue weighted by atomic mass is 10.0. The van der Waals surface area contributed by atoms with E-state index in [0.29, 0.717) is 5.92 Å². The Labute approximate surface area is 217 Å². The number of carbonyl (C=O) groups excluding carboxylic acids is 1. The molecule has 0 bridgehead atoms. The predicted octanol–water partition coefficient (Wildman–Crippen LogP) is 6.22. The monoisotopic (exact) mass is 496 g/mol. The van der Waals surface area contributed by atoms with Crippen LogP contribution in [0.15, 0.2) is 90.0 Å². The molecule has 0 aliphatic carbocycles. The first-order chi connectivity index (χ1) is 17.6. The van der Waals surface area contributed by atoms with Gasteiger partial charge in [0.05, 0.1) is 10.4 Å². The summed E-state index contributed by atoms with van der Waals surface area (Å²) < 4.78 is 3.45. The number of carbonyl (C=O) groups is 1. The molecule has 2 heterocycles. The lowest BCUT2D eigenvalue weighted by Gasteiger charge is -2.36. The van der Waals surface area contributed by atoms with Crippen molar-refractivity contribution < 1.29 is 4.79 Å². The van der Waals surface area contributed by atoms with E-state index in [4.69, 9.17) is 0 Å². The van der Waals surface area contributed by atoms with Crippen molar-refractivity contribution in [3.63, 3.8) is 0 Å². The number of hydrogen-bond acceptors (Lipinski definition) is 5. The third-order valence-electron chi connectivity index (χ3n) is 6.90. The van der Waals surface area contributed by atoms with E-state index in [0.717, 1.165) is 65.3 Å². The summed E-state index contributed by atoms with van der Waals surface area (Å²) in [4.78, 5) is 23.3. The molecule has 1 aromatic heterocycles. The summed E-state index contributed by atoms with van der Waals surface area (Å²) in [7, 11) is 0. The second-order valence-corrected chi connectivity index (χ2v) is 10.3. The molecule has 4 aromatic rings. The van der Waals surface area contributed by atoms with E-state index in [9.17, 15) is 4.79 Å². The number of para-hydroxylation sites is 1. The van der Waals surface area contributed by atoms with Crippen molar-refractivity contribution in [1.29, 1.82) is 0 Å². The molecule has 0 radical (unpaired) electrons. The van der Waals surface area contributed by atoms with Gasteiger partial charge in [0.15, 0.2) is 0 Å². The molecule has 1 saturated heterocycles. The number of hydrogen-bond donors (Lipinski definition) is 1. The van der Waals surface area contributed by atoms with Gasteiger partial charge in [0.25, 0.3) is 5.91 Å². The maximum atomic E-state index is 13.2. The van der Waals surface area contributed by atoms with Crippen molar-refractivity contribution >= 4 is 34.4 Å². The molecule has 0 spiro atoms. The van der Waals surface area contributed by atoms with Gasteiger partial charge in [-0.1, -0.05) is 55.5 Å². The van der Waals surface area contributed by atoms with Gasteiger partial charge in [-0.3, -0.25) is 14.7 Å². The van der Waals surface area contributed by atoms with Crippen molar-refractivity contribution in [3.05, 3.63) is 102 Å². The topological polar surface area (TPSA) is 48.5 Å². The number of pyridine rings is 1. The highest BCUT2D eigenvalue weighted by Crippen LogP contribution is 2.29. The quantitative estimate of drug-likeness (QED) is 0.308. The zero-order valence-corrected chi connectivity index (χ0v) is 21.7. The Kier molecular flexibility index (Phi) is 7.54. The maximum absolute atomic E-state index is 13.2. The molecule has 3 aromatic carbocycles.